The average Bonchev–Trinajstić information content (AvgIpc) is 3.59. The second-order valence-electron chi connectivity index (χ2n) is 9.76. The molecule has 0 spiro atoms. The number of rotatable bonds is 1. The molecule has 0 unspecified atom stereocenters. The number of hydrogen-bond donors (Lipinski definition) is 0. The van der Waals surface area contributed by atoms with Gasteiger partial charge in [-0.05, 0) is 64.4 Å². The Bertz CT molecular complexity index is 2310. The second kappa shape index (κ2) is 6.44. The molecule has 0 amide bonds. The predicted octanol–water partition coefficient (Wildman–Crippen LogP) is 9.56. The van der Waals surface area contributed by atoms with Crippen molar-refractivity contribution in [1.82, 2.24) is 4.40 Å². The topological polar surface area (TPSA) is 17.6 Å². The largest absolute Gasteiger partial charge is 0.456 e. The summed E-state index contributed by atoms with van der Waals surface area (Å²) in [4.78, 5) is 0. The van der Waals surface area contributed by atoms with E-state index in [9.17, 15) is 0 Å². The molecule has 0 saturated carbocycles. The summed E-state index contributed by atoms with van der Waals surface area (Å²) in [6, 6.07) is 41.7. The molecule has 0 radical (unpaired) electrons. The molecule has 0 aliphatic heterocycles. The first-order valence-electron chi connectivity index (χ1n) is 12.4. The van der Waals surface area contributed by atoms with E-state index in [4.69, 9.17) is 4.42 Å². The molecule has 0 fully saturated rings. The zero-order chi connectivity index (χ0) is 23.4. The Balaban J connectivity index is 1.47. The van der Waals surface area contributed by atoms with Crippen LogP contribution in [0.4, 0.5) is 0 Å². The summed E-state index contributed by atoms with van der Waals surface area (Å²) in [6.45, 7) is 0. The van der Waals surface area contributed by atoms with E-state index < -0.39 is 0 Å². The summed E-state index contributed by atoms with van der Waals surface area (Å²) in [7, 11) is 0. The lowest BCUT2D eigenvalue weighted by molar-refractivity contribution is 0.669. The summed E-state index contributed by atoms with van der Waals surface area (Å²) in [5, 5.41) is 10.1. The molecule has 0 aliphatic carbocycles. The number of hydrogen-bond acceptors (Lipinski definition) is 1. The maximum Gasteiger partial charge on any atom is 0.135 e. The van der Waals surface area contributed by atoms with Gasteiger partial charge in [0.2, 0.25) is 0 Å². The fourth-order valence-corrected chi connectivity index (χ4v) is 6.34. The maximum atomic E-state index is 6.10. The minimum absolute atomic E-state index is 0.929. The van der Waals surface area contributed by atoms with E-state index in [2.05, 4.69) is 108 Å². The van der Waals surface area contributed by atoms with Crippen molar-refractivity contribution in [3.8, 4) is 11.1 Å². The number of para-hydroxylation sites is 2. The van der Waals surface area contributed by atoms with Gasteiger partial charge in [-0.1, -0.05) is 72.8 Å². The lowest BCUT2D eigenvalue weighted by atomic mass is 9.96. The average molecular weight is 458 g/mol. The monoisotopic (exact) mass is 457 g/mol. The molecule has 0 N–H and O–H groups in total. The first kappa shape index (κ1) is 18.5. The van der Waals surface area contributed by atoms with Crippen molar-refractivity contribution < 1.29 is 4.42 Å². The highest BCUT2D eigenvalue weighted by molar-refractivity contribution is 6.29. The van der Waals surface area contributed by atoms with Gasteiger partial charge in [0.1, 0.15) is 11.2 Å². The zero-order valence-electron chi connectivity index (χ0n) is 19.3. The van der Waals surface area contributed by atoms with Crippen molar-refractivity contribution >= 4 is 70.8 Å². The van der Waals surface area contributed by atoms with Crippen molar-refractivity contribution in [2.24, 2.45) is 0 Å². The summed E-state index contributed by atoms with van der Waals surface area (Å²) >= 11 is 0. The quantitative estimate of drug-likeness (QED) is 0.240. The van der Waals surface area contributed by atoms with E-state index in [1.54, 1.807) is 0 Å². The summed E-state index contributed by atoms with van der Waals surface area (Å²) < 4.78 is 8.56. The van der Waals surface area contributed by atoms with E-state index in [-0.39, 0.29) is 0 Å². The van der Waals surface area contributed by atoms with Gasteiger partial charge >= 0.3 is 0 Å². The van der Waals surface area contributed by atoms with Gasteiger partial charge in [-0.15, -0.1) is 0 Å². The molecular weight excluding hydrogens is 438 g/mol. The van der Waals surface area contributed by atoms with Gasteiger partial charge in [0.15, 0.2) is 0 Å². The van der Waals surface area contributed by atoms with Crippen LogP contribution in [0.15, 0.2) is 120 Å². The Morgan fingerprint density at radius 2 is 1.17 bits per heavy atom. The molecule has 6 aromatic carbocycles. The van der Waals surface area contributed by atoms with Crippen LogP contribution < -0.4 is 0 Å². The summed E-state index contributed by atoms with van der Waals surface area (Å²) in [5.74, 6) is 0. The van der Waals surface area contributed by atoms with Crippen LogP contribution in [0.2, 0.25) is 0 Å². The standard InChI is InChI=1S/C34H19NO/c1-2-8-23-20(7-1)13-15-30-33(23)28-19-22(18-27-24-9-3-5-11-29(24)35(30)34(27)28)21-14-16-32-26(17-21)25-10-4-6-12-31(25)36-32/h1-19H. The fourth-order valence-electron chi connectivity index (χ4n) is 6.34. The number of nitrogens with zero attached hydrogens (tertiary/aromatic N) is 1. The van der Waals surface area contributed by atoms with Crippen molar-refractivity contribution in [1.29, 1.82) is 0 Å². The Labute approximate surface area is 205 Å². The van der Waals surface area contributed by atoms with Crippen molar-refractivity contribution in [3.05, 3.63) is 115 Å². The Morgan fingerprint density at radius 3 is 2.11 bits per heavy atom. The lowest BCUT2D eigenvalue weighted by Crippen LogP contribution is -1.81. The molecule has 0 saturated heterocycles. The molecule has 0 bridgehead atoms. The van der Waals surface area contributed by atoms with Crippen molar-refractivity contribution in [2.75, 3.05) is 0 Å². The van der Waals surface area contributed by atoms with Gasteiger partial charge in [-0.25, -0.2) is 0 Å². The van der Waals surface area contributed by atoms with Crippen LogP contribution in [0.3, 0.4) is 0 Å². The van der Waals surface area contributed by atoms with Gasteiger partial charge in [0, 0.05) is 32.3 Å². The van der Waals surface area contributed by atoms with Crippen LogP contribution in [0.5, 0.6) is 0 Å². The highest BCUT2D eigenvalue weighted by atomic mass is 16.3. The Morgan fingerprint density at radius 1 is 0.444 bits per heavy atom. The second-order valence-corrected chi connectivity index (χ2v) is 9.76. The fraction of sp³-hybridized carbons (Fsp3) is 0. The zero-order valence-corrected chi connectivity index (χ0v) is 19.3. The number of furan rings is 1. The molecule has 9 aromatic rings. The van der Waals surface area contributed by atoms with Crippen molar-refractivity contribution in [3.63, 3.8) is 0 Å². The first-order chi connectivity index (χ1) is 17.8. The normalized spacial score (nSPS) is 12.4. The first-order valence-corrected chi connectivity index (χ1v) is 12.4. The number of fused-ring (bicyclic) bond motifs is 11. The minimum atomic E-state index is 0.929. The number of aromatic nitrogens is 1. The Kier molecular flexibility index (Phi) is 3.31. The van der Waals surface area contributed by atoms with Gasteiger partial charge in [-0.2, -0.15) is 0 Å². The van der Waals surface area contributed by atoms with Gasteiger partial charge in [0.25, 0.3) is 0 Å². The van der Waals surface area contributed by atoms with Crippen LogP contribution in [-0.2, 0) is 0 Å². The SMILES string of the molecule is c1ccc2c(c1)ccc1c2c2cc(-c3ccc4oc5ccccc5c4c3)cc3c4ccccc4n1c32. The predicted molar refractivity (Wildman–Crippen MR) is 151 cm³/mol. The van der Waals surface area contributed by atoms with Crippen LogP contribution in [0, 0.1) is 0 Å². The van der Waals surface area contributed by atoms with E-state index in [1.165, 1.54) is 60.0 Å². The molecule has 36 heavy (non-hydrogen) atoms. The van der Waals surface area contributed by atoms with E-state index in [0.29, 0.717) is 0 Å². The molecule has 0 atom stereocenters. The van der Waals surface area contributed by atoms with Gasteiger partial charge < -0.3 is 8.82 Å². The van der Waals surface area contributed by atoms with E-state index in [1.807, 2.05) is 12.1 Å². The molecule has 3 heterocycles. The van der Waals surface area contributed by atoms with E-state index >= 15 is 0 Å². The third-order valence-corrected chi connectivity index (χ3v) is 7.90. The molecule has 9 rings (SSSR count). The van der Waals surface area contributed by atoms with E-state index in [0.717, 1.165) is 21.9 Å². The molecule has 2 heteroatoms. The molecule has 166 valence electrons. The summed E-state index contributed by atoms with van der Waals surface area (Å²) in [6.07, 6.45) is 0. The summed E-state index contributed by atoms with van der Waals surface area (Å²) in [5.41, 5.74) is 8.13. The van der Waals surface area contributed by atoms with Crippen molar-refractivity contribution in [2.45, 2.75) is 0 Å². The Hall–Kier alpha value is -4.82. The number of benzene rings is 6. The maximum absolute atomic E-state index is 6.10. The molecular formula is C34H19NO. The van der Waals surface area contributed by atoms with Gasteiger partial charge in [-0.3, -0.25) is 0 Å². The molecule has 3 aromatic heterocycles. The van der Waals surface area contributed by atoms with Crippen LogP contribution in [0.1, 0.15) is 0 Å². The highest BCUT2D eigenvalue weighted by Crippen LogP contribution is 2.44. The molecule has 0 aliphatic rings. The molecule has 2 nitrogen and oxygen atoms in total. The minimum Gasteiger partial charge on any atom is -0.456 e. The van der Waals surface area contributed by atoms with Crippen LogP contribution >= 0.6 is 0 Å². The highest BCUT2D eigenvalue weighted by Gasteiger charge is 2.20. The van der Waals surface area contributed by atoms with Crippen LogP contribution in [-0.4, -0.2) is 4.40 Å². The lowest BCUT2D eigenvalue weighted by Gasteiger charge is -2.06. The third-order valence-electron chi connectivity index (χ3n) is 7.90. The van der Waals surface area contributed by atoms with Crippen LogP contribution in [0.25, 0.3) is 81.9 Å². The smallest absolute Gasteiger partial charge is 0.135 e. The third kappa shape index (κ3) is 2.22. The van der Waals surface area contributed by atoms with Gasteiger partial charge in [0.05, 0.1) is 16.6 Å².